The van der Waals surface area contributed by atoms with Crippen molar-refractivity contribution >= 4 is 16.8 Å². The summed E-state index contributed by atoms with van der Waals surface area (Å²) in [7, 11) is 0. The summed E-state index contributed by atoms with van der Waals surface area (Å²) in [5, 5.41) is 1.23. The number of para-hydroxylation sites is 1. The van der Waals surface area contributed by atoms with E-state index < -0.39 is 0 Å². The average Bonchev–Trinajstić information content (AvgIpc) is 3.29. The van der Waals surface area contributed by atoms with Crippen LogP contribution in [0.5, 0.6) is 0 Å². The molecule has 1 N–H and O–H groups in total. The first kappa shape index (κ1) is 15.7. The van der Waals surface area contributed by atoms with E-state index in [9.17, 15) is 4.79 Å². The second-order valence-electron chi connectivity index (χ2n) is 7.08. The third-order valence-corrected chi connectivity index (χ3v) is 5.44. The minimum Gasteiger partial charge on any atom is -0.378 e. The minimum absolute atomic E-state index is 0.197. The first-order valence-electron chi connectivity index (χ1n) is 9.30. The van der Waals surface area contributed by atoms with E-state index in [4.69, 9.17) is 4.74 Å². The van der Waals surface area contributed by atoms with E-state index >= 15 is 0 Å². The van der Waals surface area contributed by atoms with Crippen molar-refractivity contribution in [1.29, 1.82) is 0 Å². The van der Waals surface area contributed by atoms with Gasteiger partial charge in [0, 0.05) is 30.8 Å². The van der Waals surface area contributed by atoms with Crippen LogP contribution in [0.3, 0.4) is 0 Å². The molecule has 0 bridgehead atoms. The van der Waals surface area contributed by atoms with Crippen molar-refractivity contribution in [2.45, 2.75) is 57.1 Å². The Kier molecular flexibility index (Phi) is 4.56. The molecule has 0 radical (unpaired) electrons. The maximum atomic E-state index is 12.8. The van der Waals surface area contributed by atoms with Gasteiger partial charge in [-0.05, 0) is 56.0 Å². The summed E-state index contributed by atoms with van der Waals surface area (Å²) in [6.45, 7) is 1.74. The summed E-state index contributed by atoms with van der Waals surface area (Å²) in [6.07, 6.45) is 7.39. The van der Waals surface area contributed by atoms with E-state index in [1.807, 2.05) is 6.07 Å². The van der Waals surface area contributed by atoms with Gasteiger partial charge < -0.3 is 14.6 Å². The molecule has 24 heavy (non-hydrogen) atoms. The highest BCUT2D eigenvalue weighted by Crippen LogP contribution is 2.33. The van der Waals surface area contributed by atoms with Gasteiger partial charge in [0.1, 0.15) is 0 Å². The number of benzene rings is 1. The van der Waals surface area contributed by atoms with E-state index in [1.54, 1.807) is 0 Å². The van der Waals surface area contributed by atoms with Crippen molar-refractivity contribution in [2.75, 3.05) is 13.2 Å². The number of amides is 1. The molecule has 1 amide bonds. The fourth-order valence-corrected chi connectivity index (χ4v) is 4.13. The Hall–Kier alpha value is -1.81. The lowest BCUT2D eigenvalue weighted by molar-refractivity contribution is -0.135. The Morgan fingerprint density at radius 3 is 2.96 bits per heavy atom. The highest BCUT2D eigenvalue weighted by molar-refractivity contribution is 5.81. The Morgan fingerprint density at radius 1 is 1.21 bits per heavy atom. The summed E-state index contributed by atoms with van der Waals surface area (Å²) >= 11 is 0. The van der Waals surface area contributed by atoms with Gasteiger partial charge in [-0.25, -0.2) is 0 Å². The van der Waals surface area contributed by atoms with Gasteiger partial charge in [0.2, 0.25) is 5.91 Å². The summed E-state index contributed by atoms with van der Waals surface area (Å²) < 4.78 is 5.67. The fourth-order valence-electron chi connectivity index (χ4n) is 4.13. The molecule has 128 valence electrons. The van der Waals surface area contributed by atoms with Gasteiger partial charge in [-0.15, -0.1) is 0 Å². The van der Waals surface area contributed by atoms with Crippen molar-refractivity contribution in [3.63, 3.8) is 0 Å². The lowest BCUT2D eigenvalue weighted by Gasteiger charge is -2.35. The standard InChI is InChI=1S/C20H26N2O2/c23-20(11-10-16-7-5-13-24-16)22-12-4-3-9-19(22)18-14-15-6-1-2-8-17(15)21-18/h1-2,6,8,14,16,19,21H,3-5,7,9-13H2/t16-,19-/m1/s1. The molecule has 0 spiro atoms. The third-order valence-electron chi connectivity index (χ3n) is 5.44. The van der Waals surface area contributed by atoms with Gasteiger partial charge >= 0.3 is 0 Å². The lowest BCUT2D eigenvalue weighted by atomic mass is 9.98. The van der Waals surface area contributed by atoms with E-state index in [-0.39, 0.29) is 11.9 Å². The van der Waals surface area contributed by atoms with Crippen molar-refractivity contribution in [2.24, 2.45) is 0 Å². The predicted molar refractivity (Wildman–Crippen MR) is 94.8 cm³/mol. The molecule has 0 aliphatic carbocycles. The zero-order chi connectivity index (χ0) is 16.4. The monoisotopic (exact) mass is 326 g/mol. The number of hydrogen-bond donors (Lipinski definition) is 1. The first-order valence-corrected chi connectivity index (χ1v) is 9.30. The number of likely N-dealkylation sites (tertiary alicyclic amines) is 1. The van der Waals surface area contributed by atoms with Crippen LogP contribution in [0.2, 0.25) is 0 Å². The van der Waals surface area contributed by atoms with Gasteiger partial charge in [0.25, 0.3) is 0 Å². The molecule has 0 saturated carbocycles. The van der Waals surface area contributed by atoms with Gasteiger partial charge in [-0.2, -0.15) is 0 Å². The van der Waals surface area contributed by atoms with E-state index in [2.05, 4.69) is 34.1 Å². The van der Waals surface area contributed by atoms with Gasteiger partial charge in [0.15, 0.2) is 0 Å². The van der Waals surface area contributed by atoms with E-state index in [0.29, 0.717) is 12.5 Å². The minimum atomic E-state index is 0.197. The van der Waals surface area contributed by atoms with Crippen LogP contribution in [-0.2, 0) is 9.53 Å². The topological polar surface area (TPSA) is 45.3 Å². The molecule has 1 aromatic carbocycles. The molecule has 2 saturated heterocycles. The number of hydrogen-bond acceptors (Lipinski definition) is 2. The number of rotatable bonds is 4. The van der Waals surface area contributed by atoms with Gasteiger partial charge in [-0.3, -0.25) is 4.79 Å². The van der Waals surface area contributed by atoms with Crippen LogP contribution >= 0.6 is 0 Å². The number of piperidine rings is 1. The molecule has 3 heterocycles. The highest BCUT2D eigenvalue weighted by Gasteiger charge is 2.29. The molecule has 4 nitrogen and oxygen atoms in total. The second-order valence-corrected chi connectivity index (χ2v) is 7.08. The maximum Gasteiger partial charge on any atom is 0.223 e. The van der Waals surface area contributed by atoms with Gasteiger partial charge in [-0.1, -0.05) is 18.2 Å². The number of aromatic nitrogens is 1. The van der Waals surface area contributed by atoms with Crippen LogP contribution in [0.4, 0.5) is 0 Å². The maximum absolute atomic E-state index is 12.8. The molecule has 2 aliphatic heterocycles. The molecular weight excluding hydrogens is 300 g/mol. The van der Waals surface area contributed by atoms with E-state index in [1.165, 1.54) is 17.5 Å². The van der Waals surface area contributed by atoms with Crippen LogP contribution in [0.25, 0.3) is 10.9 Å². The lowest BCUT2D eigenvalue weighted by Crippen LogP contribution is -2.38. The molecule has 1 aromatic heterocycles. The Balaban J connectivity index is 1.48. The number of carbonyl (C=O) groups is 1. The number of nitrogens with zero attached hydrogens (tertiary/aromatic N) is 1. The first-order chi connectivity index (χ1) is 11.8. The zero-order valence-electron chi connectivity index (χ0n) is 14.2. The van der Waals surface area contributed by atoms with Crippen LogP contribution in [0, 0.1) is 0 Å². The summed E-state index contributed by atoms with van der Waals surface area (Å²) in [4.78, 5) is 18.4. The summed E-state index contributed by atoms with van der Waals surface area (Å²) in [5.41, 5.74) is 2.34. The van der Waals surface area contributed by atoms with Crippen LogP contribution in [0.15, 0.2) is 30.3 Å². The number of aromatic amines is 1. The van der Waals surface area contributed by atoms with Crippen LogP contribution in [-0.4, -0.2) is 35.0 Å². The molecule has 2 aliphatic rings. The smallest absolute Gasteiger partial charge is 0.223 e. The highest BCUT2D eigenvalue weighted by atomic mass is 16.5. The number of H-pyrrole nitrogens is 1. The molecule has 2 aromatic rings. The normalized spacial score (nSPS) is 24.6. The number of carbonyl (C=O) groups excluding carboxylic acids is 1. The zero-order valence-corrected chi connectivity index (χ0v) is 14.2. The molecule has 4 heteroatoms. The van der Waals surface area contributed by atoms with Crippen molar-refractivity contribution in [3.05, 3.63) is 36.0 Å². The van der Waals surface area contributed by atoms with Crippen LogP contribution in [0.1, 0.15) is 56.7 Å². The number of nitrogens with one attached hydrogen (secondary N) is 1. The number of fused-ring (bicyclic) bond motifs is 1. The summed E-state index contributed by atoms with van der Waals surface area (Å²) in [6, 6.07) is 10.8. The Bertz CT molecular complexity index is 669. The largest absolute Gasteiger partial charge is 0.378 e. The summed E-state index contributed by atoms with van der Waals surface area (Å²) in [5.74, 6) is 0.286. The Morgan fingerprint density at radius 2 is 2.12 bits per heavy atom. The fraction of sp³-hybridized carbons (Fsp3) is 0.550. The third kappa shape index (κ3) is 3.20. The van der Waals surface area contributed by atoms with Crippen LogP contribution < -0.4 is 0 Å². The molecular formula is C20H26N2O2. The van der Waals surface area contributed by atoms with Gasteiger partial charge in [0.05, 0.1) is 12.1 Å². The molecule has 4 rings (SSSR count). The van der Waals surface area contributed by atoms with Crippen molar-refractivity contribution in [1.82, 2.24) is 9.88 Å². The SMILES string of the molecule is O=C(CC[C@H]1CCCO1)N1CCCC[C@@H]1c1cc2ccccc2[nH]1. The van der Waals surface area contributed by atoms with E-state index in [0.717, 1.165) is 50.8 Å². The second kappa shape index (κ2) is 6.98. The Labute approximate surface area is 143 Å². The van der Waals surface area contributed by atoms with Crippen molar-refractivity contribution in [3.8, 4) is 0 Å². The predicted octanol–water partition coefficient (Wildman–Crippen LogP) is 4.18. The average molecular weight is 326 g/mol. The molecule has 0 unspecified atom stereocenters. The molecule has 2 atom stereocenters. The quantitative estimate of drug-likeness (QED) is 0.916. The number of ether oxygens (including phenoxy) is 1. The van der Waals surface area contributed by atoms with Crippen molar-refractivity contribution < 1.29 is 9.53 Å². The molecule has 2 fully saturated rings.